The van der Waals surface area contributed by atoms with E-state index >= 15 is 0 Å². The molecule has 0 heterocycles. The van der Waals surface area contributed by atoms with E-state index in [4.69, 9.17) is 9.47 Å². The third-order valence-electron chi connectivity index (χ3n) is 1.14. The van der Waals surface area contributed by atoms with Crippen LogP contribution in [0.1, 0.15) is 13.8 Å². The number of hydrogen-bond donors (Lipinski definition) is 0. The van der Waals surface area contributed by atoms with Crippen LogP contribution in [0.25, 0.3) is 0 Å². The van der Waals surface area contributed by atoms with Crippen LogP contribution >= 0.6 is 0 Å². The zero-order valence-corrected chi connectivity index (χ0v) is 8.79. The minimum atomic E-state index is -0.548. The first-order valence-corrected chi connectivity index (χ1v) is 4.53. The Balaban J connectivity index is 4.17. The lowest BCUT2D eigenvalue weighted by Crippen LogP contribution is -2.14. The van der Waals surface area contributed by atoms with Gasteiger partial charge in [0.2, 0.25) is 6.29 Å². The molecule has 0 amide bonds. The number of aldehydes is 1. The van der Waals surface area contributed by atoms with E-state index in [9.17, 15) is 4.79 Å². The maximum Gasteiger partial charge on any atom is 0.223 e. The van der Waals surface area contributed by atoms with Crippen LogP contribution in [0.5, 0.6) is 0 Å². The van der Waals surface area contributed by atoms with Gasteiger partial charge in [-0.05, 0) is 49.4 Å². The summed E-state index contributed by atoms with van der Waals surface area (Å²) in [6, 6.07) is 0. The maximum atomic E-state index is 9.80. The van der Waals surface area contributed by atoms with Gasteiger partial charge in [0.15, 0.2) is 6.29 Å². The number of hydrogen-bond acceptors (Lipinski definition) is 3. The Kier molecular flexibility index (Phi) is 9.16. The summed E-state index contributed by atoms with van der Waals surface area (Å²) in [5.74, 6) is 14.5. The summed E-state index contributed by atoms with van der Waals surface area (Å²) in [5, 5.41) is 0. The van der Waals surface area contributed by atoms with E-state index < -0.39 is 6.29 Å². The zero-order chi connectivity index (χ0) is 11.4. The second-order valence-corrected chi connectivity index (χ2v) is 2.15. The minimum Gasteiger partial charge on any atom is -0.342 e. The molecule has 0 fully saturated rings. The smallest absolute Gasteiger partial charge is 0.223 e. The van der Waals surface area contributed by atoms with Gasteiger partial charge in [-0.2, -0.15) is 0 Å². The van der Waals surface area contributed by atoms with Crippen molar-refractivity contribution < 1.29 is 14.3 Å². The first-order chi connectivity index (χ1) is 7.35. The molecule has 0 unspecified atom stereocenters. The fourth-order valence-electron chi connectivity index (χ4n) is 0.657. The van der Waals surface area contributed by atoms with E-state index in [1.54, 1.807) is 0 Å². The number of carbonyl (C=O) groups is 1. The first kappa shape index (κ1) is 13.3. The molecular weight excluding hydrogens is 192 g/mol. The van der Waals surface area contributed by atoms with Crippen molar-refractivity contribution in [1.29, 1.82) is 0 Å². The summed E-state index contributed by atoms with van der Waals surface area (Å²) in [7, 11) is 0. The molecule has 15 heavy (non-hydrogen) atoms. The molecule has 0 saturated carbocycles. The maximum absolute atomic E-state index is 9.80. The van der Waals surface area contributed by atoms with Crippen molar-refractivity contribution in [2.24, 2.45) is 0 Å². The Morgan fingerprint density at radius 3 is 2.20 bits per heavy atom. The van der Waals surface area contributed by atoms with Crippen LogP contribution < -0.4 is 0 Å². The molecule has 3 heteroatoms. The largest absolute Gasteiger partial charge is 0.342 e. The fourth-order valence-corrected chi connectivity index (χ4v) is 0.657. The molecule has 0 atom stereocenters. The monoisotopic (exact) mass is 204 g/mol. The first-order valence-electron chi connectivity index (χ1n) is 4.53. The molecule has 3 nitrogen and oxygen atoms in total. The predicted molar refractivity (Wildman–Crippen MR) is 56.4 cm³/mol. The van der Waals surface area contributed by atoms with Crippen LogP contribution in [0.2, 0.25) is 0 Å². The van der Waals surface area contributed by atoms with Crippen LogP contribution in [-0.4, -0.2) is 25.8 Å². The van der Waals surface area contributed by atoms with Crippen LogP contribution in [0.15, 0.2) is 0 Å². The average Bonchev–Trinajstić information content (AvgIpc) is 2.24. The van der Waals surface area contributed by atoms with Gasteiger partial charge >= 0.3 is 0 Å². The summed E-state index contributed by atoms with van der Waals surface area (Å²) in [5.41, 5.74) is 0. The van der Waals surface area contributed by atoms with E-state index in [0.29, 0.717) is 19.5 Å². The van der Waals surface area contributed by atoms with E-state index in [1.165, 1.54) is 0 Å². The Hall–Kier alpha value is -1.73. The lowest BCUT2D eigenvalue weighted by molar-refractivity contribution is -0.103. The minimum absolute atomic E-state index is 0.477. The van der Waals surface area contributed by atoms with E-state index in [-0.39, 0.29) is 0 Å². The molecule has 0 aromatic rings. The Morgan fingerprint density at radius 1 is 1.07 bits per heavy atom. The highest BCUT2D eigenvalue weighted by molar-refractivity contribution is 5.73. The number of ether oxygens (including phenoxy) is 2. The lowest BCUT2D eigenvalue weighted by atomic mass is 10.5. The van der Waals surface area contributed by atoms with E-state index in [2.05, 4.69) is 35.5 Å². The summed E-state index contributed by atoms with van der Waals surface area (Å²) in [4.78, 5) is 9.80. The SMILES string of the molecule is CCOC(C#CC#CC#CC=O)OCC. The van der Waals surface area contributed by atoms with Crippen LogP contribution in [-0.2, 0) is 14.3 Å². The van der Waals surface area contributed by atoms with Gasteiger partial charge < -0.3 is 9.47 Å². The second kappa shape index (κ2) is 10.4. The van der Waals surface area contributed by atoms with Crippen LogP contribution in [0.3, 0.4) is 0 Å². The third kappa shape index (κ3) is 8.60. The topological polar surface area (TPSA) is 35.5 Å². The van der Waals surface area contributed by atoms with Gasteiger partial charge in [-0.3, -0.25) is 4.79 Å². The van der Waals surface area contributed by atoms with Crippen molar-refractivity contribution in [2.45, 2.75) is 20.1 Å². The molecule has 0 spiro atoms. The zero-order valence-electron chi connectivity index (χ0n) is 8.79. The molecule has 0 aromatic heterocycles. The molecular formula is C12H12O3. The van der Waals surface area contributed by atoms with Crippen molar-refractivity contribution in [3.8, 4) is 35.5 Å². The second-order valence-electron chi connectivity index (χ2n) is 2.15. The van der Waals surface area contributed by atoms with Crippen molar-refractivity contribution in [1.82, 2.24) is 0 Å². The Morgan fingerprint density at radius 2 is 1.67 bits per heavy atom. The molecule has 0 saturated heterocycles. The predicted octanol–water partition coefficient (Wildman–Crippen LogP) is 0.595. The lowest BCUT2D eigenvalue weighted by Gasteiger charge is -2.08. The standard InChI is InChI=1S/C12H12O3/c1-3-14-12(15-4-2)10-8-6-5-7-9-11-13/h11-12H,3-4H2,1-2H3. The molecule has 0 aliphatic rings. The number of carbonyl (C=O) groups excluding carboxylic acids is 1. The highest BCUT2D eigenvalue weighted by Crippen LogP contribution is 1.91. The van der Waals surface area contributed by atoms with Gasteiger partial charge in [-0.25, -0.2) is 0 Å². The van der Waals surface area contributed by atoms with Crippen LogP contribution in [0, 0.1) is 35.5 Å². The normalized spacial score (nSPS) is 7.67. The van der Waals surface area contributed by atoms with E-state index in [1.807, 2.05) is 13.8 Å². The van der Waals surface area contributed by atoms with Gasteiger partial charge in [0.05, 0.1) is 0 Å². The summed E-state index contributed by atoms with van der Waals surface area (Å²) < 4.78 is 10.3. The van der Waals surface area contributed by atoms with Crippen molar-refractivity contribution in [2.75, 3.05) is 13.2 Å². The number of rotatable bonds is 4. The molecule has 0 aliphatic carbocycles. The Labute approximate surface area is 90.1 Å². The summed E-state index contributed by atoms with van der Waals surface area (Å²) in [6.45, 7) is 4.76. The average molecular weight is 204 g/mol. The van der Waals surface area contributed by atoms with E-state index in [0.717, 1.165) is 0 Å². The molecule has 0 radical (unpaired) electrons. The molecule has 0 rings (SSSR count). The van der Waals surface area contributed by atoms with Gasteiger partial charge in [-0.1, -0.05) is 0 Å². The van der Waals surface area contributed by atoms with Crippen molar-refractivity contribution in [3.05, 3.63) is 0 Å². The van der Waals surface area contributed by atoms with Gasteiger partial charge in [0.1, 0.15) is 0 Å². The summed E-state index contributed by atoms with van der Waals surface area (Å²) in [6.07, 6.45) is -0.0704. The van der Waals surface area contributed by atoms with Crippen molar-refractivity contribution in [3.63, 3.8) is 0 Å². The molecule has 0 bridgehead atoms. The summed E-state index contributed by atoms with van der Waals surface area (Å²) >= 11 is 0. The third-order valence-corrected chi connectivity index (χ3v) is 1.14. The molecule has 0 aliphatic heterocycles. The molecule has 0 aromatic carbocycles. The Bertz CT molecular complexity index is 346. The quantitative estimate of drug-likeness (QED) is 0.382. The van der Waals surface area contributed by atoms with Gasteiger partial charge in [0.25, 0.3) is 0 Å². The fraction of sp³-hybridized carbons (Fsp3) is 0.417. The highest BCUT2D eigenvalue weighted by Gasteiger charge is 2.00. The molecule has 78 valence electrons. The van der Waals surface area contributed by atoms with Crippen molar-refractivity contribution >= 4 is 6.29 Å². The van der Waals surface area contributed by atoms with Gasteiger partial charge in [0, 0.05) is 13.2 Å². The van der Waals surface area contributed by atoms with Gasteiger partial charge in [-0.15, -0.1) is 0 Å². The highest BCUT2D eigenvalue weighted by atomic mass is 16.7. The van der Waals surface area contributed by atoms with Crippen LogP contribution in [0.4, 0.5) is 0 Å². The molecule has 0 N–H and O–H groups in total.